The summed E-state index contributed by atoms with van der Waals surface area (Å²) in [6.07, 6.45) is 4.32. The van der Waals surface area contributed by atoms with E-state index < -0.39 is 0 Å². The summed E-state index contributed by atoms with van der Waals surface area (Å²) < 4.78 is 7.09. The maximum atomic E-state index is 5.64. The van der Waals surface area contributed by atoms with E-state index in [0.29, 0.717) is 11.6 Å². The Kier molecular flexibility index (Phi) is 1.67. The maximum absolute atomic E-state index is 5.64. The average molecular weight is 167 g/mol. The van der Waals surface area contributed by atoms with Gasteiger partial charge >= 0.3 is 0 Å². The summed E-state index contributed by atoms with van der Waals surface area (Å²) in [5.74, 6) is 1.32. The molecule has 0 aromatic carbocycles. The summed E-state index contributed by atoms with van der Waals surface area (Å²) in [4.78, 5) is 0. The SMILES string of the molecule is Cn1cc(N)c(OCC2CC2)n1. The van der Waals surface area contributed by atoms with E-state index in [1.807, 2.05) is 7.05 Å². The van der Waals surface area contributed by atoms with Crippen molar-refractivity contribution in [3.63, 3.8) is 0 Å². The highest BCUT2D eigenvalue weighted by atomic mass is 16.5. The summed E-state index contributed by atoms with van der Waals surface area (Å²) >= 11 is 0. The summed E-state index contributed by atoms with van der Waals surface area (Å²) in [5.41, 5.74) is 6.26. The Balaban J connectivity index is 1.96. The van der Waals surface area contributed by atoms with Crippen LogP contribution in [0.5, 0.6) is 5.88 Å². The largest absolute Gasteiger partial charge is 0.475 e. The van der Waals surface area contributed by atoms with Crippen LogP contribution in [0.3, 0.4) is 0 Å². The van der Waals surface area contributed by atoms with Crippen LogP contribution in [0.15, 0.2) is 6.20 Å². The first-order chi connectivity index (χ1) is 5.75. The molecule has 0 atom stereocenters. The molecule has 4 nitrogen and oxygen atoms in total. The molecule has 0 radical (unpaired) electrons. The number of ether oxygens (including phenoxy) is 1. The third kappa shape index (κ3) is 1.52. The van der Waals surface area contributed by atoms with Gasteiger partial charge in [0.05, 0.1) is 12.8 Å². The predicted molar refractivity (Wildman–Crippen MR) is 45.8 cm³/mol. The van der Waals surface area contributed by atoms with Crippen molar-refractivity contribution in [3.8, 4) is 5.88 Å². The topological polar surface area (TPSA) is 53.1 Å². The molecular weight excluding hydrogens is 154 g/mol. The summed E-state index contributed by atoms with van der Waals surface area (Å²) in [6, 6.07) is 0. The zero-order chi connectivity index (χ0) is 8.55. The fraction of sp³-hybridized carbons (Fsp3) is 0.625. The van der Waals surface area contributed by atoms with E-state index >= 15 is 0 Å². The van der Waals surface area contributed by atoms with E-state index in [1.54, 1.807) is 10.9 Å². The van der Waals surface area contributed by atoms with Gasteiger partial charge in [-0.25, -0.2) is 0 Å². The number of hydrogen-bond donors (Lipinski definition) is 1. The molecule has 4 heteroatoms. The standard InChI is InChI=1S/C8H13N3O/c1-11-4-7(9)8(10-11)12-5-6-2-3-6/h4,6H,2-3,5,9H2,1H3. The summed E-state index contributed by atoms with van der Waals surface area (Å²) in [7, 11) is 1.83. The van der Waals surface area contributed by atoms with Crippen LogP contribution in [0, 0.1) is 5.92 Å². The molecule has 1 aromatic heterocycles. The molecule has 0 aliphatic heterocycles. The normalized spacial score (nSPS) is 16.4. The first-order valence-electron chi connectivity index (χ1n) is 4.17. The monoisotopic (exact) mass is 167 g/mol. The van der Waals surface area contributed by atoms with E-state index in [2.05, 4.69) is 5.10 Å². The van der Waals surface area contributed by atoms with Crippen LogP contribution in [0.1, 0.15) is 12.8 Å². The van der Waals surface area contributed by atoms with Crippen LogP contribution in [-0.4, -0.2) is 16.4 Å². The van der Waals surface area contributed by atoms with Crippen molar-refractivity contribution in [2.45, 2.75) is 12.8 Å². The van der Waals surface area contributed by atoms with Gasteiger partial charge in [0.2, 0.25) is 0 Å². The number of aryl methyl sites for hydroxylation is 1. The Labute approximate surface area is 71.3 Å². The molecule has 0 spiro atoms. The number of nitrogens with zero attached hydrogens (tertiary/aromatic N) is 2. The minimum absolute atomic E-state index is 0.574. The molecule has 1 aliphatic carbocycles. The van der Waals surface area contributed by atoms with Crippen molar-refractivity contribution in [1.82, 2.24) is 9.78 Å². The van der Waals surface area contributed by atoms with E-state index in [1.165, 1.54) is 12.8 Å². The smallest absolute Gasteiger partial charge is 0.256 e. The molecule has 1 fully saturated rings. The van der Waals surface area contributed by atoms with Gasteiger partial charge in [-0.1, -0.05) is 0 Å². The quantitative estimate of drug-likeness (QED) is 0.724. The first-order valence-corrected chi connectivity index (χ1v) is 4.17. The molecule has 2 rings (SSSR count). The number of nitrogens with two attached hydrogens (primary N) is 1. The van der Waals surface area contributed by atoms with E-state index in [4.69, 9.17) is 10.5 Å². The highest BCUT2D eigenvalue weighted by molar-refractivity contribution is 5.45. The fourth-order valence-corrected chi connectivity index (χ4v) is 1.08. The molecule has 2 N–H and O–H groups in total. The number of hydrogen-bond acceptors (Lipinski definition) is 3. The lowest BCUT2D eigenvalue weighted by molar-refractivity contribution is 0.287. The fourth-order valence-electron chi connectivity index (χ4n) is 1.08. The van der Waals surface area contributed by atoms with Crippen LogP contribution in [0.2, 0.25) is 0 Å². The van der Waals surface area contributed by atoms with Gasteiger partial charge in [0.15, 0.2) is 0 Å². The molecular formula is C8H13N3O. The van der Waals surface area contributed by atoms with Crippen LogP contribution in [0.25, 0.3) is 0 Å². The molecule has 0 bridgehead atoms. The van der Waals surface area contributed by atoms with E-state index in [0.717, 1.165) is 12.5 Å². The van der Waals surface area contributed by atoms with Crippen LogP contribution in [-0.2, 0) is 7.05 Å². The first kappa shape index (κ1) is 7.46. The minimum Gasteiger partial charge on any atom is -0.475 e. The van der Waals surface area contributed by atoms with Crippen molar-refractivity contribution in [1.29, 1.82) is 0 Å². The Bertz CT molecular complexity index is 278. The van der Waals surface area contributed by atoms with Gasteiger partial charge in [0, 0.05) is 7.05 Å². The number of anilines is 1. The summed E-state index contributed by atoms with van der Waals surface area (Å²) in [5, 5.41) is 4.08. The molecule has 0 amide bonds. The molecule has 12 heavy (non-hydrogen) atoms. The van der Waals surface area contributed by atoms with Gasteiger partial charge in [-0.2, -0.15) is 0 Å². The minimum atomic E-state index is 0.574. The summed E-state index contributed by atoms with van der Waals surface area (Å²) in [6.45, 7) is 0.765. The van der Waals surface area contributed by atoms with Crippen molar-refractivity contribution >= 4 is 5.69 Å². The lowest BCUT2D eigenvalue weighted by atomic mass is 10.5. The molecule has 1 heterocycles. The second kappa shape index (κ2) is 2.69. The highest BCUT2D eigenvalue weighted by Crippen LogP contribution is 2.30. The van der Waals surface area contributed by atoms with Gasteiger partial charge in [0.1, 0.15) is 5.69 Å². The lowest BCUT2D eigenvalue weighted by Crippen LogP contribution is -2.01. The second-order valence-corrected chi connectivity index (χ2v) is 3.32. The van der Waals surface area contributed by atoms with Gasteiger partial charge in [0.25, 0.3) is 5.88 Å². The zero-order valence-corrected chi connectivity index (χ0v) is 7.16. The van der Waals surface area contributed by atoms with Crippen molar-refractivity contribution in [2.75, 3.05) is 12.3 Å². The van der Waals surface area contributed by atoms with Gasteiger partial charge in [-0.05, 0) is 18.8 Å². The van der Waals surface area contributed by atoms with Gasteiger partial charge in [-0.3, -0.25) is 4.68 Å². The predicted octanol–water partition coefficient (Wildman–Crippen LogP) is 0.791. The number of aromatic nitrogens is 2. The molecule has 1 aliphatic rings. The zero-order valence-electron chi connectivity index (χ0n) is 7.16. The number of nitrogen functional groups attached to an aromatic ring is 1. The van der Waals surface area contributed by atoms with Crippen LogP contribution < -0.4 is 10.5 Å². The maximum Gasteiger partial charge on any atom is 0.256 e. The van der Waals surface area contributed by atoms with Crippen molar-refractivity contribution in [3.05, 3.63) is 6.20 Å². The Morgan fingerprint density at radius 2 is 2.50 bits per heavy atom. The lowest BCUT2D eigenvalue weighted by Gasteiger charge is -2.00. The Hall–Kier alpha value is -1.19. The molecule has 1 aromatic rings. The molecule has 1 saturated carbocycles. The van der Waals surface area contributed by atoms with Crippen molar-refractivity contribution < 1.29 is 4.74 Å². The van der Waals surface area contributed by atoms with E-state index in [-0.39, 0.29) is 0 Å². The molecule has 0 saturated heterocycles. The Morgan fingerprint density at radius 1 is 1.75 bits per heavy atom. The van der Waals surface area contributed by atoms with Crippen LogP contribution >= 0.6 is 0 Å². The Morgan fingerprint density at radius 3 is 3.00 bits per heavy atom. The molecule has 66 valence electrons. The van der Waals surface area contributed by atoms with Gasteiger partial charge in [-0.15, -0.1) is 5.10 Å². The van der Waals surface area contributed by atoms with Crippen molar-refractivity contribution in [2.24, 2.45) is 13.0 Å². The van der Waals surface area contributed by atoms with E-state index in [9.17, 15) is 0 Å². The third-order valence-corrected chi connectivity index (χ3v) is 1.97. The van der Waals surface area contributed by atoms with Gasteiger partial charge < -0.3 is 10.5 Å². The number of rotatable bonds is 3. The third-order valence-electron chi connectivity index (χ3n) is 1.97. The highest BCUT2D eigenvalue weighted by Gasteiger charge is 2.22. The molecule has 0 unspecified atom stereocenters. The van der Waals surface area contributed by atoms with Crippen LogP contribution in [0.4, 0.5) is 5.69 Å². The second-order valence-electron chi connectivity index (χ2n) is 3.32. The average Bonchev–Trinajstić information content (AvgIpc) is 2.76.